The summed E-state index contributed by atoms with van der Waals surface area (Å²) in [5, 5.41) is 0. The van der Waals surface area contributed by atoms with E-state index in [0.717, 1.165) is 12.8 Å². The molecule has 1 rings (SSSR count). The smallest absolute Gasteiger partial charge is 0.334 e. The Hall–Kier alpha value is -1.65. The van der Waals surface area contributed by atoms with E-state index in [9.17, 15) is 14.4 Å². The molecule has 1 saturated carbocycles. The molecule has 0 aromatic carbocycles. The van der Waals surface area contributed by atoms with Crippen molar-refractivity contribution >= 4 is 17.7 Å². The third kappa shape index (κ3) is 2.97. The van der Waals surface area contributed by atoms with Gasteiger partial charge in [-0.25, -0.2) is 4.79 Å². The summed E-state index contributed by atoms with van der Waals surface area (Å²) in [6.07, 6.45) is 2.70. The molecule has 18 heavy (non-hydrogen) atoms. The summed E-state index contributed by atoms with van der Waals surface area (Å²) in [6.45, 7) is 3.58. The van der Waals surface area contributed by atoms with Crippen molar-refractivity contribution in [1.82, 2.24) is 0 Å². The maximum Gasteiger partial charge on any atom is 0.334 e. The lowest BCUT2D eigenvalue weighted by Gasteiger charge is -2.27. The van der Waals surface area contributed by atoms with Crippen molar-refractivity contribution in [3.05, 3.63) is 12.2 Å². The zero-order chi connectivity index (χ0) is 13.7. The van der Waals surface area contributed by atoms with E-state index in [1.807, 2.05) is 0 Å². The second-order valence-electron chi connectivity index (χ2n) is 4.34. The molecule has 1 aliphatic rings. The molecular weight excluding hydrogens is 236 g/mol. The highest BCUT2D eigenvalue weighted by molar-refractivity contribution is 5.98. The number of Topliss-reactive ketones (excluding diaryl/α,β-unsaturated/α-hetero) is 1. The van der Waals surface area contributed by atoms with E-state index < -0.39 is 23.8 Å². The maximum absolute atomic E-state index is 11.9. The van der Waals surface area contributed by atoms with Gasteiger partial charge in [-0.2, -0.15) is 0 Å². The summed E-state index contributed by atoms with van der Waals surface area (Å²) in [7, 11) is 2.44. The fourth-order valence-corrected chi connectivity index (χ4v) is 2.30. The lowest BCUT2D eigenvalue weighted by atomic mass is 9.76. The average molecular weight is 254 g/mol. The molecule has 100 valence electrons. The zero-order valence-corrected chi connectivity index (χ0v) is 10.7. The predicted molar refractivity (Wildman–Crippen MR) is 63.6 cm³/mol. The van der Waals surface area contributed by atoms with Crippen molar-refractivity contribution in [2.45, 2.75) is 25.7 Å². The van der Waals surface area contributed by atoms with Crippen LogP contribution in [0.2, 0.25) is 0 Å². The van der Waals surface area contributed by atoms with Crippen molar-refractivity contribution in [3.8, 4) is 0 Å². The van der Waals surface area contributed by atoms with Crippen LogP contribution in [0.4, 0.5) is 0 Å². The second kappa shape index (κ2) is 6.33. The number of rotatable bonds is 4. The van der Waals surface area contributed by atoms with Gasteiger partial charge in [0.25, 0.3) is 0 Å². The summed E-state index contributed by atoms with van der Waals surface area (Å²) < 4.78 is 9.23. The minimum absolute atomic E-state index is 0.00963. The molecule has 0 spiro atoms. The summed E-state index contributed by atoms with van der Waals surface area (Å²) >= 11 is 0. The summed E-state index contributed by atoms with van der Waals surface area (Å²) in [5.41, 5.74) is -0.00963. The number of carbonyl (C=O) groups is 3. The van der Waals surface area contributed by atoms with E-state index in [4.69, 9.17) is 0 Å². The number of hydrogen-bond donors (Lipinski definition) is 0. The first-order valence-corrected chi connectivity index (χ1v) is 5.90. The SMILES string of the molecule is C=C(C(=O)OC)[C@H](C(=O)OC)[C@H]1CCCCC1=O. The van der Waals surface area contributed by atoms with Crippen LogP contribution in [0.1, 0.15) is 25.7 Å². The number of methoxy groups -OCH3 is 2. The van der Waals surface area contributed by atoms with Gasteiger partial charge in [-0.3, -0.25) is 9.59 Å². The summed E-state index contributed by atoms with van der Waals surface area (Å²) in [5.74, 6) is -2.73. The van der Waals surface area contributed by atoms with Gasteiger partial charge in [0.1, 0.15) is 5.78 Å². The van der Waals surface area contributed by atoms with Crippen LogP contribution < -0.4 is 0 Å². The van der Waals surface area contributed by atoms with Gasteiger partial charge in [0.2, 0.25) is 0 Å². The van der Waals surface area contributed by atoms with Gasteiger partial charge < -0.3 is 9.47 Å². The van der Waals surface area contributed by atoms with E-state index in [0.29, 0.717) is 12.8 Å². The summed E-state index contributed by atoms with van der Waals surface area (Å²) in [4.78, 5) is 35.1. The molecule has 5 heteroatoms. The summed E-state index contributed by atoms with van der Waals surface area (Å²) in [6, 6.07) is 0. The molecular formula is C13H18O5. The Labute approximate surface area is 106 Å². The van der Waals surface area contributed by atoms with Crippen molar-refractivity contribution < 1.29 is 23.9 Å². The molecule has 0 amide bonds. The Bertz CT molecular complexity index is 372. The van der Waals surface area contributed by atoms with Gasteiger partial charge >= 0.3 is 11.9 Å². The molecule has 5 nitrogen and oxygen atoms in total. The quantitative estimate of drug-likeness (QED) is 0.558. The van der Waals surface area contributed by atoms with Crippen LogP contribution in [0.3, 0.4) is 0 Å². The highest BCUT2D eigenvalue weighted by atomic mass is 16.5. The van der Waals surface area contributed by atoms with Crippen molar-refractivity contribution in [1.29, 1.82) is 0 Å². The van der Waals surface area contributed by atoms with Crippen molar-refractivity contribution in [2.75, 3.05) is 14.2 Å². The predicted octanol–water partition coefficient (Wildman–Crippen LogP) is 1.26. The number of ketones is 1. The number of carbonyl (C=O) groups excluding carboxylic acids is 3. The molecule has 1 aliphatic carbocycles. The van der Waals surface area contributed by atoms with Crippen LogP contribution in [0.15, 0.2) is 12.2 Å². The van der Waals surface area contributed by atoms with Gasteiger partial charge in [0.05, 0.1) is 20.1 Å². The van der Waals surface area contributed by atoms with Gasteiger partial charge in [0.15, 0.2) is 0 Å². The molecule has 0 aromatic rings. The van der Waals surface area contributed by atoms with Gasteiger partial charge in [-0.1, -0.05) is 13.0 Å². The second-order valence-corrected chi connectivity index (χ2v) is 4.34. The lowest BCUT2D eigenvalue weighted by molar-refractivity contribution is -0.151. The molecule has 0 aliphatic heterocycles. The average Bonchev–Trinajstić information content (AvgIpc) is 2.39. The Kier molecular flexibility index (Phi) is 5.07. The van der Waals surface area contributed by atoms with E-state index in [1.165, 1.54) is 14.2 Å². The molecule has 0 bridgehead atoms. The van der Waals surface area contributed by atoms with Crippen LogP contribution in [0, 0.1) is 11.8 Å². The normalized spacial score (nSPS) is 21.0. The Balaban J connectivity index is 2.97. The molecule has 1 fully saturated rings. The van der Waals surface area contributed by atoms with Gasteiger partial charge in [-0.05, 0) is 12.8 Å². The molecule has 0 heterocycles. The monoisotopic (exact) mass is 254 g/mol. The molecule has 0 N–H and O–H groups in total. The fourth-order valence-electron chi connectivity index (χ4n) is 2.30. The van der Waals surface area contributed by atoms with Crippen LogP contribution in [0.25, 0.3) is 0 Å². The zero-order valence-electron chi connectivity index (χ0n) is 10.7. The van der Waals surface area contributed by atoms with Crippen LogP contribution in [0.5, 0.6) is 0 Å². The minimum Gasteiger partial charge on any atom is -0.469 e. The number of hydrogen-bond acceptors (Lipinski definition) is 5. The first-order valence-electron chi connectivity index (χ1n) is 5.90. The number of ether oxygens (including phenoxy) is 2. The van der Waals surface area contributed by atoms with Crippen molar-refractivity contribution in [3.63, 3.8) is 0 Å². The fraction of sp³-hybridized carbons (Fsp3) is 0.615. The molecule has 0 aromatic heterocycles. The Morgan fingerprint density at radius 1 is 1.28 bits per heavy atom. The molecule has 2 atom stereocenters. The highest BCUT2D eigenvalue weighted by Crippen LogP contribution is 2.32. The number of esters is 2. The van der Waals surface area contributed by atoms with Crippen LogP contribution in [-0.4, -0.2) is 31.9 Å². The molecule has 0 unspecified atom stereocenters. The Morgan fingerprint density at radius 2 is 1.94 bits per heavy atom. The van der Waals surface area contributed by atoms with Crippen LogP contribution in [-0.2, 0) is 23.9 Å². The van der Waals surface area contributed by atoms with E-state index >= 15 is 0 Å². The highest BCUT2D eigenvalue weighted by Gasteiger charge is 2.39. The van der Waals surface area contributed by atoms with E-state index in [-0.39, 0.29) is 11.4 Å². The van der Waals surface area contributed by atoms with Crippen molar-refractivity contribution in [2.24, 2.45) is 11.8 Å². The maximum atomic E-state index is 11.9. The van der Waals surface area contributed by atoms with E-state index in [1.54, 1.807) is 0 Å². The van der Waals surface area contributed by atoms with Crippen LogP contribution >= 0.6 is 0 Å². The first kappa shape index (κ1) is 14.4. The molecule has 0 radical (unpaired) electrons. The first-order chi connectivity index (χ1) is 8.52. The van der Waals surface area contributed by atoms with Gasteiger partial charge in [0, 0.05) is 17.9 Å². The third-order valence-corrected chi connectivity index (χ3v) is 3.28. The minimum atomic E-state index is -0.921. The molecule has 0 saturated heterocycles. The van der Waals surface area contributed by atoms with Gasteiger partial charge in [-0.15, -0.1) is 0 Å². The Morgan fingerprint density at radius 3 is 2.44 bits per heavy atom. The standard InChI is InChI=1S/C13H18O5/c1-8(12(15)17-2)11(13(16)18-3)9-6-4-5-7-10(9)14/h9,11H,1,4-7H2,2-3H3/t9-,11-/m0/s1. The largest absolute Gasteiger partial charge is 0.469 e. The lowest BCUT2D eigenvalue weighted by Crippen LogP contribution is -2.36. The van der Waals surface area contributed by atoms with E-state index in [2.05, 4.69) is 16.1 Å². The third-order valence-electron chi connectivity index (χ3n) is 3.28. The topological polar surface area (TPSA) is 69.7 Å².